The van der Waals surface area contributed by atoms with E-state index >= 15 is 0 Å². The summed E-state index contributed by atoms with van der Waals surface area (Å²) < 4.78 is 47.5. The van der Waals surface area contributed by atoms with Gasteiger partial charge in [-0.05, 0) is 48.9 Å². The zero-order valence-electron chi connectivity index (χ0n) is 15.0. The lowest BCUT2D eigenvalue weighted by Gasteiger charge is -2.11. The summed E-state index contributed by atoms with van der Waals surface area (Å²) in [7, 11) is 0. The summed E-state index contributed by atoms with van der Waals surface area (Å²) in [6.07, 6.45) is -4.97. The molecule has 2 aromatic rings. The Morgan fingerprint density at radius 3 is 2.25 bits per heavy atom. The van der Waals surface area contributed by atoms with Crippen molar-refractivity contribution >= 4 is 17.5 Å². The van der Waals surface area contributed by atoms with Crippen LogP contribution >= 0.6 is 0 Å². The minimum absolute atomic E-state index is 0.0142. The molecule has 0 unspecified atom stereocenters. The maximum atomic E-state index is 12.3. The molecule has 0 spiro atoms. The van der Waals surface area contributed by atoms with Gasteiger partial charge in [0.05, 0.1) is 6.61 Å². The van der Waals surface area contributed by atoms with E-state index < -0.39 is 18.0 Å². The fourth-order valence-electron chi connectivity index (χ4n) is 2.16. The van der Waals surface area contributed by atoms with Gasteiger partial charge in [-0.3, -0.25) is 9.59 Å². The van der Waals surface area contributed by atoms with Crippen LogP contribution in [0.15, 0.2) is 48.5 Å². The Bertz CT molecular complexity index is 808. The van der Waals surface area contributed by atoms with Gasteiger partial charge in [-0.15, -0.1) is 0 Å². The summed E-state index contributed by atoms with van der Waals surface area (Å²) in [5.41, 5.74) is 0.508. The zero-order chi connectivity index (χ0) is 20.6. The molecule has 0 fully saturated rings. The number of hydrogen-bond acceptors (Lipinski definition) is 4. The molecular weight excluding hydrogens is 377 g/mol. The number of rotatable bonds is 8. The Balaban J connectivity index is 1.80. The van der Waals surface area contributed by atoms with E-state index in [0.29, 0.717) is 23.7 Å². The first-order valence-corrected chi connectivity index (χ1v) is 8.37. The van der Waals surface area contributed by atoms with Crippen molar-refractivity contribution < 1.29 is 32.2 Å². The van der Waals surface area contributed by atoms with Crippen molar-refractivity contribution in [1.82, 2.24) is 5.32 Å². The van der Waals surface area contributed by atoms with E-state index in [-0.39, 0.29) is 18.8 Å². The molecule has 150 valence electrons. The normalized spacial score (nSPS) is 10.9. The first-order chi connectivity index (χ1) is 13.3. The van der Waals surface area contributed by atoms with Crippen LogP contribution < -0.4 is 20.1 Å². The Hall–Kier alpha value is -3.23. The summed E-state index contributed by atoms with van der Waals surface area (Å²) in [6.45, 7) is 2.26. The predicted molar refractivity (Wildman–Crippen MR) is 96.1 cm³/mol. The standard InChI is InChI=1S/C19H19F3N2O4/c1-2-27-15-6-8-16(9-7-15)28-12-17(25)23-11-13-4-3-5-14(10-13)24-18(26)19(20,21)22/h3-10H,2,11-12H2,1H3,(H,23,25)(H,24,26). The minimum Gasteiger partial charge on any atom is -0.494 e. The third-order valence-corrected chi connectivity index (χ3v) is 3.44. The highest BCUT2D eigenvalue weighted by atomic mass is 19.4. The number of hydrogen-bond donors (Lipinski definition) is 2. The van der Waals surface area contributed by atoms with Gasteiger partial charge in [0.25, 0.3) is 5.91 Å². The van der Waals surface area contributed by atoms with E-state index in [0.717, 1.165) is 0 Å². The van der Waals surface area contributed by atoms with Gasteiger partial charge >= 0.3 is 12.1 Å². The molecule has 0 aliphatic heterocycles. The third-order valence-electron chi connectivity index (χ3n) is 3.44. The lowest BCUT2D eigenvalue weighted by Crippen LogP contribution is -2.30. The highest BCUT2D eigenvalue weighted by Crippen LogP contribution is 2.19. The van der Waals surface area contributed by atoms with Gasteiger partial charge in [-0.2, -0.15) is 13.2 Å². The van der Waals surface area contributed by atoms with E-state index in [1.807, 2.05) is 6.92 Å². The molecule has 0 heterocycles. The van der Waals surface area contributed by atoms with Crippen molar-refractivity contribution in [3.8, 4) is 11.5 Å². The Labute approximate surface area is 159 Å². The number of ether oxygens (including phenoxy) is 2. The molecule has 0 aromatic heterocycles. The average molecular weight is 396 g/mol. The number of nitrogens with one attached hydrogen (secondary N) is 2. The van der Waals surface area contributed by atoms with E-state index in [1.54, 1.807) is 35.6 Å². The molecule has 2 amide bonds. The highest BCUT2D eigenvalue weighted by Gasteiger charge is 2.38. The first-order valence-electron chi connectivity index (χ1n) is 8.37. The van der Waals surface area contributed by atoms with Crippen molar-refractivity contribution in [2.24, 2.45) is 0 Å². The van der Waals surface area contributed by atoms with E-state index in [4.69, 9.17) is 9.47 Å². The number of benzene rings is 2. The van der Waals surface area contributed by atoms with E-state index in [9.17, 15) is 22.8 Å². The molecule has 0 aliphatic rings. The number of alkyl halides is 3. The quantitative estimate of drug-likeness (QED) is 0.718. The second-order valence-corrected chi connectivity index (χ2v) is 5.62. The molecular formula is C19H19F3N2O4. The molecule has 0 atom stereocenters. The van der Waals surface area contributed by atoms with Gasteiger partial charge in [0.2, 0.25) is 0 Å². The lowest BCUT2D eigenvalue weighted by molar-refractivity contribution is -0.167. The topological polar surface area (TPSA) is 76.7 Å². The number of amides is 2. The molecule has 28 heavy (non-hydrogen) atoms. The zero-order valence-corrected chi connectivity index (χ0v) is 15.0. The van der Waals surface area contributed by atoms with Crippen molar-refractivity contribution in [2.75, 3.05) is 18.5 Å². The summed E-state index contributed by atoms with van der Waals surface area (Å²) in [4.78, 5) is 22.8. The number of anilines is 1. The van der Waals surface area contributed by atoms with Gasteiger partial charge < -0.3 is 20.1 Å². The average Bonchev–Trinajstić information content (AvgIpc) is 2.65. The van der Waals surface area contributed by atoms with Gasteiger partial charge in [-0.25, -0.2) is 0 Å². The van der Waals surface area contributed by atoms with Crippen LogP contribution in [-0.4, -0.2) is 31.2 Å². The number of carbonyl (C=O) groups excluding carboxylic acids is 2. The maximum Gasteiger partial charge on any atom is 0.471 e. The van der Waals surface area contributed by atoms with Crippen LogP contribution in [0.1, 0.15) is 12.5 Å². The molecule has 9 heteroatoms. The molecule has 0 radical (unpaired) electrons. The molecule has 2 aromatic carbocycles. The highest BCUT2D eigenvalue weighted by molar-refractivity contribution is 5.94. The summed E-state index contributed by atoms with van der Waals surface area (Å²) in [5, 5.41) is 4.35. The second-order valence-electron chi connectivity index (χ2n) is 5.62. The van der Waals surface area contributed by atoms with Crippen LogP contribution in [0.25, 0.3) is 0 Å². The fraction of sp³-hybridized carbons (Fsp3) is 0.263. The molecule has 0 saturated carbocycles. The lowest BCUT2D eigenvalue weighted by atomic mass is 10.2. The number of carbonyl (C=O) groups is 2. The fourth-order valence-corrected chi connectivity index (χ4v) is 2.16. The Morgan fingerprint density at radius 2 is 1.64 bits per heavy atom. The maximum absolute atomic E-state index is 12.3. The van der Waals surface area contributed by atoms with Crippen molar-refractivity contribution in [2.45, 2.75) is 19.6 Å². The van der Waals surface area contributed by atoms with Crippen LogP contribution in [0.5, 0.6) is 11.5 Å². The summed E-state index contributed by atoms with van der Waals surface area (Å²) in [6, 6.07) is 12.5. The van der Waals surface area contributed by atoms with E-state index in [2.05, 4.69) is 5.32 Å². The Morgan fingerprint density at radius 1 is 1.00 bits per heavy atom. The smallest absolute Gasteiger partial charge is 0.471 e. The van der Waals surface area contributed by atoms with Crippen molar-refractivity contribution in [3.63, 3.8) is 0 Å². The molecule has 2 rings (SSSR count). The molecule has 0 aliphatic carbocycles. The summed E-state index contributed by atoms with van der Waals surface area (Å²) >= 11 is 0. The molecule has 2 N–H and O–H groups in total. The second kappa shape index (κ2) is 9.63. The summed E-state index contributed by atoms with van der Waals surface area (Å²) in [5.74, 6) is -1.27. The van der Waals surface area contributed by atoms with Gasteiger partial charge in [-0.1, -0.05) is 12.1 Å². The van der Waals surface area contributed by atoms with Crippen LogP contribution in [0.2, 0.25) is 0 Å². The first kappa shape index (κ1) is 21.1. The molecule has 0 bridgehead atoms. The van der Waals surface area contributed by atoms with E-state index in [1.165, 1.54) is 18.2 Å². The van der Waals surface area contributed by atoms with Crippen LogP contribution in [0.4, 0.5) is 18.9 Å². The van der Waals surface area contributed by atoms with Crippen molar-refractivity contribution in [3.05, 3.63) is 54.1 Å². The van der Waals surface area contributed by atoms with Gasteiger partial charge in [0, 0.05) is 12.2 Å². The SMILES string of the molecule is CCOc1ccc(OCC(=O)NCc2cccc(NC(=O)C(F)(F)F)c2)cc1. The van der Waals surface area contributed by atoms with Crippen LogP contribution in [-0.2, 0) is 16.1 Å². The molecule has 6 nitrogen and oxygen atoms in total. The van der Waals surface area contributed by atoms with Gasteiger partial charge in [0.1, 0.15) is 11.5 Å². The predicted octanol–water partition coefficient (Wildman–Crippen LogP) is 3.28. The monoisotopic (exact) mass is 396 g/mol. The minimum atomic E-state index is -4.97. The van der Waals surface area contributed by atoms with Crippen LogP contribution in [0.3, 0.4) is 0 Å². The largest absolute Gasteiger partial charge is 0.494 e. The van der Waals surface area contributed by atoms with Gasteiger partial charge in [0.15, 0.2) is 6.61 Å². The van der Waals surface area contributed by atoms with Crippen LogP contribution in [0, 0.1) is 0 Å². The Kier molecular flexibility index (Phi) is 7.25. The molecule has 0 saturated heterocycles. The van der Waals surface area contributed by atoms with Crippen molar-refractivity contribution in [1.29, 1.82) is 0 Å². The third kappa shape index (κ3) is 6.82. The number of halogens is 3.